The highest BCUT2D eigenvalue weighted by Gasteiger charge is 2.18. The third kappa shape index (κ3) is 4.98. The molecule has 6 nitrogen and oxygen atoms in total. The molecule has 3 aromatic carbocycles. The Morgan fingerprint density at radius 3 is 2.53 bits per heavy atom. The van der Waals surface area contributed by atoms with Crippen LogP contribution in [-0.2, 0) is 10.0 Å². The van der Waals surface area contributed by atoms with Gasteiger partial charge in [-0.15, -0.1) is 0 Å². The monoisotopic (exact) mass is 492 g/mol. The molecule has 0 radical (unpaired) electrons. The van der Waals surface area contributed by atoms with Gasteiger partial charge < -0.3 is 10.1 Å². The molecule has 0 aliphatic heterocycles. The molecule has 0 bridgehead atoms. The van der Waals surface area contributed by atoms with Crippen LogP contribution in [0.5, 0.6) is 5.75 Å². The fourth-order valence-corrected chi connectivity index (χ4v) is 4.31. The molecule has 30 heavy (non-hydrogen) atoms. The number of halogens is 2. The van der Waals surface area contributed by atoms with E-state index in [2.05, 4.69) is 26.0 Å². The van der Waals surface area contributed by atoms with Gasteiger partial charge in [-0.1, -0.05) is 12.1 Å². The van der Waals surface area contributed by atoms with Gasteiger partial charge in [0.2, 0.25) is 0 Å². The summed E-state index contributed by atoms with van der Waals surface area (Å²) in [6.45, 7) is 1.77. The van der Waals surface area contributed by atoms with Crippen molar-refractivity contribution < 1.29 is 22.3 Å². The Kier molecular flexibility index (Phi) is 6.42. The number of amides is 1. The second-order valence-electron chi connectivity index (χ2n) is 6.42. The zero-order valence-electron chi connectivity index (χ0n) is 16.1. The number of aryl methyl sites for hydroxylation is 1. The lowest BCUT2D eigenvalue weighted by Gasteiger charge is -2.11. The number of anilines is 2. The minimum atomic E-state index is -3.96. The van der Waals surface area contributed by atoms with Gasteiger partial charge in [-0.2, -0.15) is 0 Å². The van der Waals surface area contributed by atoms with E-state index in [-0.39, 0.29) is 16.1 Å². The Hall–Kier alpha value is -2.91. The molecular formula is C21H18BrFN2O4S. The average Bonchev–Trinajstić information content (AvgIpc) is 2.70. The van der Waals surface area contributed by atoms with Crippen molar-refractivity contribution in [3.8, 4) is 5.75 Å². The minimum absolute atomic E-state index is 0.0227. The van der Waals surface area contributed by atoms with Crippen LogP contribution in [0.3, 0.4) is 0 Å². The number of sulfonamides is 1. The maximum Gasteiger partial charge on any atom is 0.261 e. The van der Waals surface area contributed by atoms with E-state index in [1.165, 1.54) is 43.5 Å². The normalized spacial score (nSPS) is 11.1. The molecule has 0 saturated heterocycles. The molecule has 1 amide bonds. The number of methoxy groups -OCH3 is 1. The van der Waals surface area contributed by atoms with E-state index in [4.69, 9.17) is 4.74 Å². The average molecular weight is 493 g/mol. The van der Waals surface area contributed by atoms with Crippen LogP contribution in [0.2, 0.25) is 0 Å². The van der Waals surface area contributed by atoms with Crippen molar-refractivity contribution in [1.82, 2.24) is 0 Å². The summed E-state index contributed by atoms with van der Waals surface area (Å²) in [5.41, 5.74) is 1.20. The summed E-state index contributed by atoms with van der Waals surface area (Å²) < 4.78 is 47.6. The Morgan fingerprint density at radius 2 is 1.83 bits per heavy atom. The molecule has 0 spiro atoms. The molecule has 3 rings (SSSR count). The standard InChI is InChI=1S/C21H18BrFN2O4S/c1-13-6-8-18(23)19(10-13)24-21(26)14-4-3-5-16(11-14)30(27,28)25-15-7-9-20(29-2)17(22)12-15/h3-12,25H,1-2H3,(H,24,26). The molecule has 0 aromatic heterocycles. The summed E-state index contributed by atoms with van der Waals surface area (Å²) in [5.74, 6) is -0.645. The molecule has 0 saturated carbocycles. The number of nitrogens with one attached hydrogen (secondary N) is 2. The van der Waals surface area contributed by atoms with Crippen molar-refractivity contribution in [3.05, 3.63) is 82.1 Å². The number of rotatable bonds is 6. The molecule has 0 heterocycles. The first-order valence-electron chi connectivity index (χ1n) is 8.73. The second-order valence-corrected chi connectivity index (χ2v) is 8.96. The maximum atomic E-state index is 13.9. The minimum Gasteiger partial charge on any atom is -0.496 e. The smallest absolute Gasteiger partial charge is 0.261 e. The number of hydrogen-bond acceptors (Lipinski definition) is 4. The highest BCUT2D eigenvalue weighted by atomic mass is 79.9. The van der Waals surface area contributed by atoms with Gasteiger partial charge in [0.25, 0.3) is 15.9 Å². The van der Waals surface area contributed by atoms with Crippen LogP contribution in [0.25, 0.3) is 0 Å². The number of carbonyl (C=O) groups excluding carboxylic acids is 1. The number of hydrogen-bond donors (Lipinski definition) is 2. The van der Waals surface area contributed by atoms with Crippen LogP contribution >= 0.6 is 15.9 Å². The van der Waals surface area contributed by atoms with Gasteiger partial charge in [0.05, 0.1) is 27.9 Å². The summed E-state index contributed by atoms with van der Waals surface area (Å²) in [6, 6.07) is 14.6. The van der Waals surface area contributed by atoms with Gasteiger partial charge >= 0.3 is 0 Å². The Morgan fingerprint density at radius 1 is 1.07 bits per heavy atom. The zero-order valence-corrected chi connectivity index (χ0v) is 18.5. The van der Waals surface area contributed by atoms with E-state index < -0.39 is 21.7 Å². The van der Waals surface area contributed by atoms with E-state index in [9.17, 15) is 17.6 Å². The predicted octanol–water partition coefficient (Wildman–Crippen LogP) is 4.96. The van der Waals surface area contributed by atoms with Gasteiger partial charge in [0.15, 0.2) is 0 Å². The second kappa shape index (κ2) is 8.85. The fraction of sp³-hybridized carbons (Fsp3) is 0.0952. The molecule has 156 valence electrons. The summed E-state index contributed by atoms with van der Waals surface area (Å²) >= 11 is 3.30. The molecule has 3 aromatic rings. The van der Waals surface area contributed by atoms with Crippen molar-refractivity contribution >= 4 is 43.2 Å². The lowest BCUT2D eigenvalue weighted by Crippen LogP contribution is -2.16. The number of benzene rings is 3. The first-order chi connectivity index (χ1) is 14.2. The molecule has 0 aliphatic rings. The van der Waals surface area contributed by atoms with Crippen molar-refractivity contribution in [2.75, 3.05) is 17.1 Å². The molecule has 0 unspecified atom stereocenters. The highest BCUT2D eigenvalue weighted by molar-refractivity contribution is 9.10. The number of carbonyl (C=O) groups is 1. The maximum absolute atomic E-state index is 13.9. The van der Waals surface area contributed by atoms with E-state index in [0.717, 1.165) is 5.56 Å². The van der Waals surface area contributed by atoms with E-state index >= 15 is 0 Å². The van der Waals surface area contributed by atoms with Crippen LogP contribution in [0, 0.1) is 12.7 Å². The molecule has 0 aliphatic carbocycles. The first kappa shape index (κ1) is 21.8. The van der Waals surface area contributed by atoms with Crippen molar-refractivity contribution in [1.29, 1.82) is 0 Å². The Labute approximate surface area is 182 Å². The van der Waals surface area contributed by atoms with Gasteiger partial charge in [0, 0.05) is 5.56 Å². The molecule has 0 fully saturated rings. The third-order valence-electron chi connectivity index (χ3n) is 4.18. The third-order valence-corrected chi connectivity index (χ3v) is 6.18. The van der Waals surface area contributed by atoms with Crippen molar-refractivity contribution in [2.24, 2.45) is 0 Å². The topological polar surface area (TPSA) is 84.5 Å². The molecular weight excluding hydrogens is 475 g/mol. The largest absolute Gasteiger partial charge is 0.496 e. The Bertz CT molecular complexity index is 1220. The molecule has 2 N–H and O–H groups in total. The zero-order chi connectivity index (χ0) is 21.9. The van der Waals surface area contributed by atoms with E-state index in [1.54, 1.807) is 31.2 Å². The summed E-state index contributed by atoms with van der Waals surface area (Å²) in [5, 5.41) is 2.47. The van der Waals surface area contributed by atoms with Gasteiger partial charge in [-0.25, -0.2) is 12.8 Å². The lowest BCUT2D eigenvalue weighted by molar-refractivity contribution is 0.102. The lowest BCUT2D eigenvalue weighted by atomic mass is 10.2. The SMILES string of the molecule is COc1ccc(NS(=O)(=O)c2cccc(C(=O)Nc3cc(C)ccc3F)c2)cc1Br. The van der Waals surface area contributed by atoms with E-state index in [0.29, 0.717) is 15.9 Å². The quantitative estimate of drug-likeness (QED) is 0.509. The highest BCUT2D eigenvalue weighted by Crippen LogP contribution is 2.29. The summed E-state index contributed by atoms with van der Waals surface area (Å²) in [7, 11) is -2.46. The van der Waals surface area contributed by atoms with Crippen LogP contribution in [0.4, 0.5) is 15.8 Å². The Balaban J connectivity index is 1.83. The molecule has 9 heteroatoms. The fourth-order valence-electron chi connectivity index (χ4n) is 2.68. The molecule has 0 atom stereocenters. The van der Waals surface area contributed by atoms with Crippen LogP contribution < -0.4 is 14.8 Å². The van der Waals surface area contributed by atoms with E-state index in [1.807, 2.05) is 0 Å². The van der Waals surface area contributed by atoms with Crippen molar-refractivity contribution in [2.45, 2.75) is 11.8 Å². The van der Waals surface area contributed by atoms with Crippen LogP contribution in [0.1, 0.15) is 15.9 Å². The predicted molar refractivity (Wildman–Crippen MR) is 117 cm³/mol. The summed E-state index contributed by atoms with van der Waals surface area (Å²) in [6.07, 6.45) is 0. The first-order valence-corrected chi connectivity index (χ1v) is 11.0. The van der Waals surface area contributed by atoms with Gasteiger partial charge in [0.1, 0.15) is 11.6 Å². The number of ether oxygens (including phenoxy) is 1. The van der Waals surface area contributed by atoms with Crippen molar-refractivity contribution in [3.63, 3.8) is 0 Å². The summed E-state index contributed by atoms with van der Waals surface area (Å²) in [4.78, 5) is 12.4. The van der Waals surface area contributed by atoms with Gasteiger partial charge in [-0.3, -0.25) is 9.52 Å². The van der Waals surface area contributed by atoms with Gasteiger partial charge in [-0.05, 0) is 76.9 Å². The van der Waals surface area contributed by atoms with Crippen LogP contribution in [0.15, 0.2) is 70.0 Å². The van der Waals surface area contributed by atoms with Crippen LogP contribution in [-0.4, -0.2) is 21.4 Å².